The van der Waals surface area contributed by atoms with E-state index >= 15 is 0 Å². The fraction of sp³-hybridized carbons (Fsp3) is 0.500. The molecule has 0 saturated carbocycles. The molecule has 1 aromatic rings. The zero-order chi connectivity index (χ0) is 14.0. The van der Waals surface area contributed by atoms with E-state index in [4.69, 9.17) is 5.11 Å². The number of aliphatic hydroxyl groups is 1. The summed E-state index contributed by atoms with van der Waals surface area (Å²) in [6.07, 6.45) is 0.877. The summed E-state index contributed by atoms with van der Waals surface area (Å²) in [5.74, 6) is 0.220. The van der Waals surface area contributed by atoms with Gasteiger partial charge in [0, 0.05) is 35.8 Å². The molecule has 4 nitrogen and oxygen atoms in total. The lowest BCUT2D eigenvalue weighted by Crippen LogP contribution is -2.33. The van der Waals surface area contributed by atoms with E-state index in [-0.39, 0.29) is 18.6 Å². The smallest absolute Gasteiger partial charge is 0.321 e. The zero-order valence-corrected chi connectivity index (χ0v) is 12.8. The number of likely N-dealkylation sites (tertiary alicyclic amines) is 1. The van der Waals surface area contributed by atoms with Crippen LogP contribution in [0.2, 0.25) is 0 Å². The summed E-state index contributed by atoms with van der Waals surface area (Å²) >= 11 is 3.45. The standard InChI is InChI=1S/C14H19BrN2O2/c1-9-5-12(15)6-10(2)13(9)16-14(19)17-4-3-11(7-17)8-18/h5-6,11,18H,3-4,7-8H2,1-2H3,(H,16,19). The Labute approximate surface area is 121 Å². The topological polar surface area (TPSA) is 52.6 Å². The minimum absolute atomic E-state index is 0.0792. The molecule has 0 aromatic heterocycles. The molecule has 1 aliphatic heterocycles. The van der Waals surface area contributed by atoms with Crippen LogP contribution in [0.15, 0.2) is 16.6 Å². The second-order valence-corrected chi connectivity index (χ2v) is 6.04. The van der Waals surface area contributed by atoms with Crippen LogP contribution in [0.5, 0.6) is 0 Å². The number of aryl methyl sites for hydroxylation is 2. The van der Waals surface area contributed by atoms with E-state index in [0.29, 0.717) is 13.1 Å². The number of anilines is 1. The molecule has 1 atom stereocenters. The molecule has 19 heavy (non-hydrogen) atoms. The number of rotatable bonds is 2. The van der Waals surface area contributed by atoms with E-state index in [1.54, 1.807) is 4.90 Å². The van der Waals surface area contributed by atoms with Gasteiger partial charge in [0.2, 0.25) is 0 Å². The molecule has 1 saturated heterocycles. The minimum Gasteiger partial charge on any atom is -0.396 e. The van der Waals surface area contributed by atoms with Gasteiger partial charge in [-0.05, 0) is 43.5 Å². The molecule has 1 fully saturated rings. The highest BCUT2D eigenvalue weighted by atomic mass is 79.9. The molecule has 0 aliphatic carbocycles. The fourth-order valence-corrected chi connectivity index (χ4v) is 3.15. The van der Waals surface area contributed by atoms with Crippen LogP contribution in [-0.4, -0.2) is 35.7 Å². The van der Waals surface area contributed by atoms with Crippen LogP contribution in [0.3, 0.4) is 0 Å². The Morgan fingerprint density at radius 2 is 2.11 bits per heavy atom. The van der Waals surface area contributed by atoms with Crippen molar-refractivity contribution < 1.29 is 9.90 Å². The third-order valence-corrected chi connectivity index (χ3v) is 4.02. The first-order valence-corrected chi connectivity index (χ1v) is 7.24. The van der Waals surface area contributed by atoms with Gasteiger partial charge in [0.1, 0.15) is 0 Å². The van der Waals surface area contributed by atoms with Gasteiger partial charge in [-0.25, -0.2) is 4.79 Å². The summed E-state index contributed by atoms with van der Waals surface area (Å²) in [7, 11) is 0. The summed E-state index contributed by atoms with van der Waals surface area (Å²) < 4.78 is 1.02. The van der Waals surface area contributed by atoms with Crippen LogP contribution < -0.4 is 5.32 Å². The van der Waals surface area contributed by atoms with Crippen LogP contribution in [0.25, 0.3) is 0 Å². The molecule has 1 unspecified atom stereocenters. The summed E-state index contributed by atoms with van der Waals surface area (Å²) in [4.78, 5) is 14.0. The highest BCUT2D eigenvalue weighted by molar-refractivity contribution is 9.10. The Balaban J connectivity index is 2.08. The minimum atomic E-state index is -0.0792. The van der Waals surface area contributed by atoms with Crippen molar-refractivity contribution in [2.24, 2.45) is 5.92 Å². The molecule has 0 radical (unpaired) electrons. The molecule has 1 heterocycles. The normalized spacial score (nSPS) is 18.7. The molecule has 1 aliphatic rings. The van der Waals surface area contributed by atoms with Crippen LogP contribution >= 0.6 is 15.9 Å². The van der Waals surface area contributed by atoms with E-state index < -0.39 is 0 Å². The van der Waals surface area contributed by atoms with Crippen molar-refractivity contribution in [2.75, 3.05) is 25.0 Å². The highest BCUT2D eigenvalue weighted by Gasteiger charge is 2.26. The molecular weight excluding hydrogens is 308 g/mol. The number of urea groups is 1. The van der Waals surface area contributed by atoms with Crippen LogP contribution in [0.4, 0.5) is 10.5 Å². The maximum atomic E-state index is 12.2. The van der Waals surface area contributed by atoms with Crippen molar-refractivity contribution in [3.8, 4) is 0 Å². The molecule has 2 N–H and O–H groups in total. The Hall–Kier alpha value is -1.07. The molecule has 2 rings (SSSR count). The average Bonchev–Trinajstić information content (AvgIpc) is 2.82. The quantitative estimate of drug-likeness (QED) is 0.878. The van der Waals surface area contributed by atoms with Crippen LogP contribution in [-0.2, 0) is 0 Å². The van der Waals surface area contributed by atoms with Gasteiger partial charge in [0.15, 0.2) is 0 Å². The highest BCUT2D eigenvalue weighted by Crippen LogP contribution is 2.26. The van der Waals surface area contributed by atoms with E-state index in [9.17, 15) is 4.79 Å². The van der Waals surface area contributed by atoms with Crippen LogP contribution in [0, 0.1) is 19.8 Å². The van der Waals surface area contributed by atoms with E-state index in [1.807, 2.05) is 26.0 Å². The van der Waals surface area contributed by atoms with Crippen molar-refractivity contribution in [1.29, 1.82) is 0 Å². The van der Waals surface area contributed by atoms with Crippen LogP contribution in [0.1, 0.15) is 17.5 Å². The number of aliphatic hydroxyl groups excluding tert-OH is 1. The lowest BCUT2D eigenvalue weighted by Gasteiger charge is -2.19. The first kappa shape index (κ1) is 14.3. The third-order valence-electron chi connectivity index (χ3n) is 3.56. The van der Waals surface area contributed by atoms with Crippen molar-refractivity contribution in [3.63, 3.8) is 0 Å². The summed E-state index contributed by atoms with van der Waals surface area (Å²) in [5, 5.41) is 12.1. The predicted octanol–water partition coefficient (Wildman–Crippen LogP) is 2.91. The number of benzene rings is 1. The Bertz CT molecular complexity index is 467. The van der Waals surface area contributed by atoms with Gasteiger partial charge in [-0.1, -0.05) is 15.9 Å². The maximum absolute atomic E-state index is 12.2. The molecule has 5 heteroatoms. The molecule has 2 amide bonds. The number of carbonyl (C=O) groups excluding carboxylic acids is 1. The maximum Gasteiger partial charge on any atom is 0.321 e. The molecule has 104 valence electrons. The van der Waals surface area contributed by atoms with Crippen molar-refractivity contribution in [3.05, 3.63) is 27.7 Å². The van der Waals surface area contributed by atoms with E-state index in [2.05, 4.69) is 21.2 Å². The van der Waals surface area contributed by atoms with Gasteiger partial charge < -0.3 is 15.3 Å². The number of nitrogens with zero attached hydrogens (tertiary/aromatic N) is 1. The van der Waals surface area contributed by atoms with Gasteiger partial charge in [-0.3, -0.25) is 0 Å². The first-order valence-electron chi connectivity index (χ1n) is 6.44. The number of hydrogen-bond acceptors (Lipinski definition) is 2. The second-order valence-electron chi connectivity index (χ2n) is 5.13. The number of nitrogens with one attached hydrogen (secondary N) is 1. The Morgan fingerprint density at radius 3 is 2.63 bits per heavy atom. The Kier molecular flexibility index (Phi) is 4.47. The van der Waals surface area contributed by atoms with E-state index in [1.165, 1.54) is 0 Å². The second kappa shape index (κ2) is 5.92. The lowest BCUT2D eigenvalue weighted by atomic mass is 10.1. The fourth-order valence-electron chi connectivity index (χ4n) is 2.46. The van der Waals surface area contributed by atoms with Gasteiger partial charge >= 0.3 is 6.03 Å². The molecule has 0 bridgehead atoms. The summed E-state index contributed by atoms with van der Waals surface area (Å²) in [6.45, 7) is 5.46. The third kappa shape index (κ3) is 3.28. The van der Waals surface area contributed by atoms with Crippen molar-refractivity contribution in [2.45, 2.75) is 20.3 Å². The summed E-state index contributed by atoms with van der Waals surface area (Å²) in [6, 6.07) is 3.90. The molecular formula is C14H19BrN2O2. The first-order chi connectivity index (χ1) is 9.01. The number of hydrogen-bond donors (Lipinski definition) is 2. The van der Waals surface area contributed by atoms with Gasteiger partial charge in [-0.15, -0.1) is 0 Å². The SMILES string of the molecule is Cc1cc(Br)cc(C)c1NC(=O)N1CCC(CO)C1. The lowest BCUT2D eigenvalue weighted by molar-refractivity contribution is 0.208. The van der Waals surface area contributed by atoms with E-state index in [0.717, 1.165) is 27.7 Å². The monoisotopic (exact) mass is 326 g/mol. The van der Waals surface area contributed by atoms with Crippen molar-refractivity contribution in [1.82, 2.24) is 4.90 Å². The number of amides is 2. The van der Waals surface area contributed by atoms with Gasteiger partial charge in [0.25, 0.3) is 0 Å². The van der Waals surface area contributed by atoms with Gasteiger partial charge in [-0.2, -0.15) is 0 Å². The van der Waals surface area contributed by atoms with Gasteiger partial charge in [0.05, 0.1) is 0 Å². The average molecular weight is 327 g/mol. The largest absolute Gasteiger partial charge is 0.396 e. The summed E-state index contributed by atoms with van der Waals surface area (Å²) in [5.41, 5.74) is 2.96. The molecule has 0 spiro atoms. The Morgan fingerprint density at radius 1 is 1.47 bits per heavy atom. The number of carbonyl (C=O) groups is 1. The molecule has 1 aromatic carbocycles. The number of halogens is 1. The predicted molar refractivity (Wildman–Crippen MR) is 79.4 cm³/mol. The zero-order valence-electron chi connectivity index (χ0n) is 11.2. The van der Waals surface area contributed by atoms with Crippen molar-refractivity contribution >= 4 is 27.6 Å².